The van der Waals surface area contributed by atoms with Gasteiger partial charge in [-0.2, -0.15) is 0 Å². The Morgan fingerprint density at radius 1 is 1.03 bits per heavy atom. The number of pyridine rings is 1. The molecule has 3 N–H and O–H groups in total. The number of carboxylic acids is 1. The van der Waals surface area contributed by atoms with E-state index >= 15 is 0 Å². The molecule has 0 aliphatic rings. The smallest absolute Gasteiger partial charge is 0.326 e. The van der Waals surface area contributed by atoms with E-state index in [0.29, 0.717) is 24.3 Å². The molecule has 0 aliphatic heterocycles. The minimum Gasteiger partial charge on any atom is -0.493 e. The van der Waals surface area contributed by atoms with Crippen molar-refractivity contribution in [1.82, 2.24) is 10.3 Å². The fourth-order valence-electron chi connectivity index (χ4n) is 3.42. The summed E-state index contributed by atoms with van der Waals surface area (Å²) in [6.07, 6.45) is 0.843. The van der Waals surface area contributed by atoms with Crippen molar-refractivity contribution in [3.05, 3.63) is 88.6 Å². The quantitative estimate of drug-likeness (QED) is 0.437. The fourth-order valence-corrected chi connectivity index (χ4v) is 3.42. The number of nitrogens with one attached hydrogen (secondary N) is 2. The summed E-state index contributed by atoms with van der Waals surface area (Å²) < 4.78 is 5.79. The largest absolute Gasteiger partial charge is 0.493 e. The Hall–Kier alpha value is -3.87. The van der Waals surface area contributed by atoms with E-state index in [1.807, 2.05) is 57.3 Å². The lowest BCUT2D eigenvalue weighted by molar-refractivity contribution is -0.139. The summed E-state index contributed by atoms with van der Waals surface area (Å²) >= 11 is 0. The molecule has 1 amide bonds. The fraction of sp³-hybridized carbons (Fsp3) is 0.269. The van der Waals surface area contributed by atoms with Crippen LogP contribution in [0.25, 0.3) is 0 Å². The topological polar surface area (TPSA) is 101 Å². The second kappa shape index (κ2) is 11.1. The molecule has 0 spiro atoms. The number of carboxylic acid groups (broad SMARTS) is 1. The third-order valence-corrected chi connectivity index (χ3v) is 5.51. The maximum atomic E-state index is 12.6. The number of aromatic nitrogens is 1. The van der Waals surface area contributed by atoms with Gasteiger partial charge in [0.15, 0.2) is 0 Å². The van der Waals surface area contributed by atoms with Crippen molar-refractivity contribution in [2.45, 2.75) is 32.7 Å². The molecule has 0 saturated heterocycles. The van der Waals surface area contributed by atoms with Crippen LogP contribution >= 0.6 is 0 Å². The zero-order chi connectivity index (χ0) is 23.8. The normalized spacial score (nSPS) is 11.5. The molecule has 7 nitrogen and oxygen atoms in total. The molecule has 1 aromatic heterocycles. The van der Waals surface area contributed by atoms with Gasteiger partial charge in [0.2, 0.25) is 0 Å². The number of amides is 1. The van der Waals surface area contributed by atoms with Crippen molar-refractivity contribution in [3.63, 3.8) is 0 Å². The van der Waals surface area contributed by atoms with Crippen LogP contribution in [0, 0.1) is 13.8 Å². The maximum Gasteiger partial charge on any atom is 0.326 e. The van der Waals surface area contributed by atoms with Gasteiger partial charge in [0.05, 0.1) is 6.61 Å². The SMILES string of the molecule is CNc1cccc(CCOc2ccc(C[C@H](NC(=O)c3cccc(C)c3C)C(=O)O)cc2)n1. The van der Waals surface area contributed by atoms with E-state index in [9.17, 15) is 14.7 Å². The van der Waals surface area contributed by atoms with Crippen LogP contribution in [0.5, 0.6) is 5.75 Å². The molecule has 0 bridgehead atoms. The summed E-state index contributed by atoms with van der Waals surface area (Å²) in [6, 6.07) is 17.4. The first kappa shape index (κ1) is 23.8. The van der Waals surface area contributed by atoms with E-state index in [1.54, 1.807) is 24.3 Å². The summed E-state index contributed by atoms with van der Waals surface area (Å²) in [5.41, 5.74) is 4.03. The van der Waals surface area contributed by atoms with Gasteiger partial charge in [-0.05, 0) is 60.9 Å². The Bertz CT molecular complexity index is 1110. The van der Waals surface area contributed by atoms with E-state index in [2.05, 4.69) is 15.6 Å². The van der Waals surface area contributed by atoms with E-state index in [-0.39, 0.29) is 12.3 Å². The number of carbonyl (C=O) groups is 2. The summed E-state index contributed by atoms with van der Waals surface area (Å²) in [7, 11) is 1.83. The number of benzene rings is 2. The van der Waals surface area contributed by atoms with E-state index in [4.69, 9.17) is 4.74 Å². The summed E-state index contributed by atoms with van der Waals surface area (Å²) in [6.45, 7) is 4.25. The average molecular weight is 448 g/mol. The van der Waals surface area contributed by atoms with Crippen LogP contribution in [-0.4, -0.2) is 41.7 Å². The Morgan fingerprint density at radius 3 is 2.45 bits per heavy atom. The van der Waals surface area contributed by atoms with Gasteiger partial charge in [-0.3, -0.25) is 4.79 Å². The van der Waals surface area contributed by atoms with Crippen molar-refractivity contribution in [3.8, 4) is 5.75 Å². The maximum absolute atomic E-state index is 12.6. The Labute approximate surface area is 193 Å². The third kappa shape index (κ3) is 6.55. The van der Waals surface area contributed by atoms with E-state index < -0.39 is 12.0 Å². The second-order valence-corrected chi connectivity index (χ2v) is 7.82. The number of nitrogens with zero attached hydrogens (tertiary/aromatic N) is 1. The Kier molecular flexibility index (Phi) is 8.02. The molecule has 0 unspecified atom stereocenters. The molecule has 1 atom stereocenters. The zero-order valence-electron chi connectivity index (χ0n) is 19.1. The molecule has 2 aromatic carbocycles. The number of anilines is 1. The number of aliphatic carboxylic acids is 1. The molecular weight excluding hydrogens is 418 g/mol. The van der Waals surface area contributed by atoms with Crippen LogP contribution in [-0.2, 0) is 17.6 Å². The van der Waals surface area contributed by atoms with Crippen LogP contribution in [0.2, 0.25) is 0 Å². The Morgan fingerprint density at radius 2 is 1.76 bits per heavy atom. The standard InChI is InChI=1S/C26H29N3O4/c1-17-6-4-8-22(18(17)2)25(30)29-23(26(31)32)16-19-10-12-21(13-11-19)33-15-14-20-7-5-9-24(27-3)28-20/h4-13,23H,14-16H2,1-3H3,(H,27,28)(H,29,30)(H,31,32)/t23-/m0/s1. The van der Waals surface area contributed by atoms with Crippen LogP contribution in [0.4, 0.5) is 5.82 Å². The minimum absolute atomic E-state index is 0.174. The number of rotatable bonds is 10. The highest BCUT2D eigenvalue weighted by molar-refractivity contribution is 5.98. The summed E-state index contributed by atoms with van der Waals surface area (Å²) in [5, 5.41) is 15.3. The first-order valence-electron chi connectivity index (χ1n) is 10.8. The molecule has 7 heteroatoms. The van der Waals surface area contributed by atoms with Gasteiger partial charge in [-0.1, -0.05) is 30.3 Å². The second-order valence-electron chi connectivity index (χ2n) is 7.82. The first-order valence-corrected chi connectivity index (χ1v) is 10.8. The lowest BCUT2D eigenvalue weighted by atomic mass is 10.0. The molecule has 0 aliphatic carbocycles. The molecule has 3 rings (SSSR count). The first-order chi connectivity index (χ1) is 15.9. The highest BCUT2D eigenvalue weighted by Gasteiger charge is 2.22. The predicted octanol–water partition coefficient (Wildman–Crippen LogP) is 3.79. The van der Waals surface area contributed by atoms with Crippen LogP contribution in [0.15, 0.2) is 60.7 Å². The number of carbonyl (C=O) groups excluding carboxylic acids is 1. The summed E-state index contributed by atoms with van der Waals surface area (Å²) in [4.78, 5) is 28.9. The molecule has 1 heterocycles. The van der Waals surface area contributed by atoms with E-state index in [1.165, 1.54) is 0 Å². The number of ether oxygens (including phenoxy) is 1. The van der Waals surface area contributed by atoms with E-state index in [0.717, 1.165) is 28.2 Å². The number of hydrogen-bond donors (Lipinski definition) is 3. The summed E-state index contributed by atoms with van der Waals surface area (Å²) in [5.74, 6) is 0.0362. The molecule has 33 heavy (non-hydrogen) atoms. The van der Waals surface area contributed by atoms with Crippen LogP contribution in [0.3, 0.4) is 0 Å². The van der Waals surface area contributed by atoms with Gasteiger partial charge < -0.3 is 20.5 Å². The van der Waals surface area contributed by atoms with Crippen LogP contribution < -0.4 is 15.4 Å². The van der Waals surface area contributed by atoms with Gasteiger partial charge >= 0.3 is 5.97 Å². The van der Waals surface area contributed by atoms with Gasteiger partial charge in [0.25, 0.3) is 5.91 Å². The number of aryl methyl sites for hydroxylation is 1. The van der Waals surface area contributed by atoms with Crippen molar-refractivity contribution in [2.24, 2.45) is 0 Å². The average Bonchev–Trinajstić information content (AvgIpc) is 2.81. The highest BCUT2D eigenvalue weighted by Crippen LogP contribution is 2.16. The molecule has 3 aromatic rings. The number of hydrogen-bond acceptors (Lipinski definition) is 5. The minimum atomic E-state index is -1.08. The predicted molar refractivity (Wildman–Crippen MR) is 128 cm³/mol. The molecule has 0 fully saturated rings. The van der Waals surface area contributed by atoms with Gasteiger partial charge in [0.1, 0.15) is 17.6 Å². The van der Waals surface area contributed by atoms with Gasteiger partial charge in [0, 0.05) is 31.1 Å². The van der Waals surface area contributed by atoms with Crippen molar-refractivity contribution in [1.29, 1.82) is 0 Å². The molecule has 172 valence electrons. The van der Waals surface area contributed by atoms with Crippen LogP contribution in [0.1, 0.15) is 32.7 Å². The van der Waals surface area contributed by atoms with Crippen molar-refractivity contribution in [2.75, 3.05) is 19.0 Å². The Balaban J connectivity index is 1.56. The van der Waals surface area contributed by atoms with Gasteiger partial charge in [-0.15, -0.1) is 0 Å². The lowest BCUT2D eigenvalue weighted by Gasteiger charge is -2.16. The van der Waals surface area contributed by atoms with Crippen molar-refractivity contribution >= 4 is 17.7 Å². The highest BCUT2D eigenvalue weighted by atomic mass is 16.5. The molecule has 0 radical (unpaired) electrons. The molecular formula is C26H29N3O4. The third-order valence-electron chi connectivity index (χ3n) is 5.51. The monoisotopic (exact) mass is 447 g/mol. The van der Waals surface area contributed by atoms with Crippen molar-refractivity contribution < 1.29 is 19.4 Å². The lowest BCUT2D eigenvalue weighted by Crippen LogP contribution is -2.42. The zero-order valence-corrected chi connectivity index (χ0v) is 19.1. The van der Waals surface area contributed by atoms with Gasteiger partial charge in [-0.25, -0.2) is 9.78 Å². The molecule has 0 saturated carbocycles.